The molecular weight excluding hydrogens is 150 g/mol. The fourth-order valence-electron chi connectivity index (χ4n) is 0.944. The lowest BCUT2D eigenvalue weighted by molar-refractivity contribution is -0.318. The van der Waals surface area contributed by atoms with Crippen LogP contribution in [0, 0.1) is 0 Å². The molecule has 1 saturated heterocycles. The summed E-state index contributed by atoms with van der Waals surface area (Å²) >= 11 is 0. The summed E-state index contributed by atoms with van der Waals surface area (Å²) in [5.74, 6) is -2.60. The van der Waals surface area contributed by atoms with Crippen LogP contribution in [0.4, 0.5) is 0 Å². The van der Waals surface area contributed by atoms with Gasteiger partial charge in [-0.3, -0.25) is 16.0 Å². The molecular formula is C5H13N3O3. The molecule has 0 amide bonds. The van der Waals surface area contributed by atoms with Gasteiger partial charge in [-0.2, -0.15) is 0 Å². The molecule has 0 radical (unpaired) electrons. The summed E-state index contributed by atoms with van der Waals surface area (Å²) in [5.41, 5.74) is 0. The average Bonchev–Trinajstić information content (AvgIpc) is 1.85. The molecule has 1 aliphatic rings. The van der Waals surface area contributed by atoms with Crippen LogP contribution in [0.25, 0.3) is 0 Å². The minimum Gasteiger partial charge on any atom is -0.344 e. The lowest BCUT2D eigenvalue weighted by Gasteiger charge is -2.28. The van der Waals surface area contributed by atoms with E-state index in [0.29, 0.717) is 13.3 Å². The Bertz CT molecular complexity index is 119. The van der Waals surface area contributed by atoms with E-state index in [-0.39, 0.29) is 12.6 Å². The van der Waals surface area contributed by atoms with Crippen molar-refractivity contribution >= 4 is 0 Å². The number of hydrogen-bond acceptors (Lipinski definition) is 6. The van der Waals surface area contributed by atoms with Crippen LogP contribution in [-0.2, 0) is 0 Å². The fraction of sp³-hybridized carbons (Fsp3) is 1.00. The first-order chi connectivity index (χ1) is 5.08. The highest BCUT2D eigenvalue weighted by atomic mass is 16.7. The summed E-state index contributed by atoms with van der Waals surface area (Å²) in [6, 6.07) is 0. The number of aliphatic hydroxyl groups is 3. The smallest absolute Gasteiger partial charge is 0.278 e. The van der Waals surface area contributed by atoms with Gasteiger partial charge in [0.05, 0.1) is 12.6 Å². The molecule has 1 fully saturated rings. The highest BCUT2D eigenvalue weighted by Gasteiger charge is 2.25. The van der Waals surface area contributed by atoms with Crippen molar-refractivity contribution in [3.8, 4) is 0 Å². The van der Waals surface area contributed by atoms with E-state index in [1.54, 1.807) is 0 Å². The lowest BCUT2D eigenvalue weighted by Crippen LogP contribution is -2.58. The van der Waals surface area contributed by atoms with Crippen molar-refractivity contribution in [2.75, 3.05) is 13.3 Å². The van der Waals surface area contributed by atoms with Gasteiger partial charge in [-0.1, -0.05) is 0 Å². The zero-order valence-electron chi connectivity index (χ0n) is 6.04. The standard InChI is InChI=1S/C5H13N3O3/c9-5(10,11)1-4-7-2-6-3-8-4/h4,6-11H,1-3H2. The summed E-state index contributed by atoms with van der Waals surface area (Å²) in [6.45, 7) is 1.18. The Morgan fingerprint density at radius 2 is 1.73 bits per heavy atom. The molecule has 0 atom stereocenters. The maximum Gasteiger partial charge on any atom is 0.278 e. The molecule has 1 rings (SSSR count). The van der Waals surface area contributed by atoms with Crippen molar-refractivity contribution in [2.24, 2.45) is 0 Å². The van der Waals surface area contributed by atoms with E-state index in [9.17, 15) is 0 Å². The Balaban J connectivity index is 2.24. The van der Waals surface area contributed by atoms with Crippen LogP contribution < -0.4 is 16.0 Å². The molecule has 6 heteroatoms. The van der Waals surface area contributed by atoms with E-state index in [1.165, 1.54) is 0 Å². The third kappa shape index (κ3) is 3.61. The molecule has 0 unspecified atom stereocenters. The van der Waals surface area contributed by atoms with Crippen molar-refractivity contribution in [1.82, 2.24) is 16.0 Å². The molecule has 66 valence electrons. The van der Waals surface area contributed by atoms with Gasteiger partial charge in [0.2, 0.25) is 0 Å². The fourth-order valence-corrected chi connectivity index (χ4v) is 0.944. The minimum absolute atomic E-state index is 0.158. The zero-order chi connectivity index (χ0) is 8.32. The third-order valence-electron chi connectivity index (χ3n) is 1.42. The summed E-state index contributed by atoms with van der Waals surface area (Å²) in [5, 5.41) is 34.4. The first-order valence-corrected chi connectivity index (χ1v) is 3.42. The molecule has 0 aromatic heterocycles. The summed E-state index contributed by atoms with van der Waals surface area (Å²) in [6.07, 6.45) is -0.425. The average molecular weight is 163 g/mol. The predicted octanol–water partition coefficient (Wildman–Crippen LogP) is -2.97. The Hall–Kier alpha value is -0.240. The Labute approximate surface area is 64.2 Å². The van der Waals surface area contributed by atoms with Crippen LogP contribution in [0.5, 0.6) is 0 Å². The van der Waals surface area contributed by atoms with Crippen LogP contribution in [0.1, 0.15) is 6.42 Å². The maximum atomic E-state index is 8.58. The van der Waals surface area contributed by atoms with E-state index in [1.807, 2.05) is 0 Å². The van der Waals surface area contributed by atoms with Crippen LogP contribution in [0.3, 0.4) is 0 Å². The van der Waals surface area contributed by atoms with Crippen LogP contribution in [0.2, 0.25) is 0 Å². The Kier molecular flexibility index (Phi) is 2.77. The Morgan fingerprint density at radius 1 is 1.18 bits per heavy atom. The molecule has 0 spiro atoms. The molecule has 0 saturated carbocycles. The predicted molar refractivity (Wildman–Crippen MR) is 36.9 cm³/mol. The second-order valence-corrected chi connectivity index (χ2v) is 2.54. The number of rotatable bonds is 2. The highest BCUT2D eigenvalue weighted by Crippen LogP contribution is 2.03. The Morgan fingerprint density at radius 3 is 2.18 bits per heavy atom. The molecule has 0 aromatic carbocycles. The molecule has 0 bridgehead atoms. The van der Waals surface area contributed by atoms with Crippen LogP contribution >= 0.6 is 0 Å². The minimum atomic E-state index is -2.60. The first-order valence-electron chi connectivity index (χ1n) is 3.42. The van der Waals surface area contributed by atoms with Crippen LogP contribution in [0.15, 0.2) is 0 Å². The topological polar surface area (TPSA) is 96.8 Å². The van der Waals surface area contributed by atoms with E-state index >= 15 is 0 Å². The lowest BCUT2D eigenvalue weighted by atomic mass is 10.3. The molecule has 1 heterocycles. The highest BCUT2D eigenvalue weighted by molar-refractivity contribution is 4.70. The van der Waals surface area contributed by atoms with Gasteiger partial charge < -0.3 is 15.3 Å². The number of nitrogens with one attached hydrogen (secondary N) is 3. The van der Waals surface area contributed by atoms with Crippen LogP contribution in [-0.4, -0.2) is 40.8 Å². The van der Waals surface area contributed by atoms with Crippen molar-refractivity contribution in [3.05, 3.63) is 0 Å². The van der Waals surface area contributed by atoms with Gasteiger partial charge in [-0.05, 0) is 0 Å². The maximum absolute atomic E-state index is 8.58. The van der Waals surface area contributed by atoms with E-state index in [0.717, 1.165) is 0 Å². The van der Waals surface area contributed by atoms with Gasteiger partial charge in [0.1, 0.15) is 0 Å². The summed E-state index contributed by atoms with van der Waals surface area (Å²) in [7, 11) is 0. The summed E-state index contributed by atoms with van der Waals surface area (Å²) in [4.78, 5) is 0. The zero-order valence-corrected chi connectivity index (χ0v) is 6.04. The van der Waals surface area contributed by atoms with Crippen molar-refractivity contribution in [3.63, 3.8) is 0 Å². The van der Waals surface area contributed by atoms with Gasteiger partial charge in [-0.25, -0.2) is 0 Å². The first kappa shape index (κ1) is 8.85. The van der Waals surface area contributed by atoms with E-state index in [4.69, 9.17) is 15.3 Å². The van der Waals surface area contributed by atoms with Gasteiger partial charge in [0, 0.05) is 13.3 Å². The molecule has 1 aliphatic heterocycles. The van der Waals surface area contributed by atoms with Gasteiger partial charge in [0.25, 0.3) is 5.97 Å². The molecule has 11 heavy (non-hydrogen) atoms. The van der Waals surface area contributed by atoms with Gasteiger partial charge in [0.15, 0.2) is 0 Å². The van der Waals surface area contributed by atoms with Crippen molar-refractivity contribution < 1.29 is 15.3 Å². The molecule has 0 aliphatic carbocycles. The molecule has 6 N–H and O–H groups in total. The molecule has 0 aromatic rings. The normalized spacial score (nSPS) is 22.1. The van der Waals surface area contributed by atoms with Crippen molar-refractivity contribution in [1.29, 1.82) is 0 Å². The summed E-state index contributed by atoms with van der Waals surface area (Å²) < 4.78 is 0. The quantitative estimate of drug-likeness (QED) is 0.243. The molecule has 6 nitrogen and oxygen atoms in total. The number of hydrogen-bond donors (Lipinski definition) is 6. The second kappa shape index (κ2) is 3.44. The van der Waals surface area contributed by atoms with Crippen molar-refractivity contribution in [2.45, 2.75) is 18.6 Å². The SMILES string of the molecule is OC(O)(O)CC1NCNCN1. The van der Waals surface area contributed by atoms with E-state index in [2.05, 4.69) is 16.0 Å². The third-order valence-corrected chi connectivity index (χ3v) is 1.42. The monoisotopic (exact) mass is 163 g/mol. The van der Waals surface area contributed by atoms with Gasteiger partial charge >= 0.3 is 0 Å². The van der Waals surface area contributed by atoms with Gasteiger partial charge in [-0.15, -0.1) is 0 Å². The largest absolute Gasteiger partial charge is 0.344 e. The second-order valence-electron chi connectivity index (χ2n) is 2.54. The van der Waals surface area contributed by atoms with E-state index < -0.39 is 5.97 Å².